The van der Waals surface area contributed by atoms with E-state index in [1.165, 1.54) is 0 Å². The zero-order valence-electron chi connectivity index (χ0n) is 12.9. The van der Waals surface area contributed by atoms with Crippen LogP contribution in [0.2, 0.25) is 0 Å². The minimum Gasteiger partial charge on any atom is -0.346 e. The average Bonchev–Trinajstić information content (AvgIpc) is 3.20. The van der Waals surface area contributed by atoms with Crippen molar-refractivity contribution in [2.45, 2.75) is 62.6 Å². The maximum Gasteiger partial charge on any atom is 0.244 e. The molecule has 1 N–H and O–H groups in total. The lowest BCUT2D eigenvalue weighted by atomic mass is 10.1. The van der Waals surface area contributed by atoms with Crippen LogP contribution in [0.25, 0.3) is 0 Å². The number of piperidine rings is 1. The molecule has 3 rings (SSSR count). The molecule has 5 nitrogen and oxygen atoms in total. The van der Waals surface area contributed by atoms with Crippen LogP contribution >= 0.6 is 0 Å². The highest BCUT2D eigenvalue weighted by Gasteiger charge is 2.34. The molecule has 1 aliphatic heterocycles. The van der Waals surface area contributed by atoms with Crippen molar-refractivity contribution in [3.05, 3.63) is 18.0 Å². The second kappa shape index (κ2) is 5.74. The lowest BCUT2D eigenvalue weighted by Gasteiger charge is -2.31. The normalized spacial score (nSPS) is 24.4. The van der Waals surface area contributed by atoms with E-state index in [1.54, 1.807) is 4.31 Å². The smallest absolute Gasteiger partial charge is 0.244 e. The molecule has 6 heteroatoms. The van der Waals surface area contributed by atoms with E-state index in [0.29, 0.717) is 24.0 Å². The first-order valence-corrected chi connectivity index (χ1v) is 9.35. The van der Waals surface area contributed by atoms with Crippen LogP contribution in [0.15, 0.2) is 17.2 Å². The molecule has 0 bridgehead atoms. The molecule has 1 aromatic heterocycles. The van der Waals surface area contributed by atoms with E-state index in [1.807, 2.05) is 26.2 Å². The van der Waals surface area contributed by atoms with Crippen LogP contribution in [0.4, 0.5) is 0 Å². The largest absolute Gasteiger partial charge is 0.346 e. The van der Waals surface area contributed by atoms with Crippen molar-refractivity contribution in [3.63, 3.8) is 0 Å². The van der Waals surface area contributed by atoms with Crippen molar-refractivity contribution in [1.82, 2.24) is 14.2 Å². The molecule has 118 valence electrons. The van der Waals surface area contributed by atoms with Gasteiger partial charge in [0.2, 0.25) is 10.0 Å². The van der Waals surface area contributed by atoms with Crippen LogP contribution in [0.5, 0.6) is 0 Å². The Hall–Kier alpha value is -0.850. The van der Waals surface area contributed by atoms with Gasteiger partial charge in [0, 0.05) is 37.1 Å². The molecule has 1 saturated heterocycles. The van der Waals surface area contributed by atoms with Gasteiger partial charge in [-0.05, 0) is 45.7 Å². The van der Waals surface area contributed by atoms with Crippen molar-refractivity contribution in [2.75, 3.05) is 13.6 Å². The third kappa shape index (κ3) is 2.89. The maximum atomic E-state index is 12.9. The summed E-state index contributed by atoms with van der Waals surface area (Å²) in [5.41, 5.74) is 1.07. The summed E-state index contributed by atoms with van der Waals surface area (Å²) in [6.45, 7) is 3.38. The van der Waals surface area contributed by atoms with E-state index in [0.717, 1.165) is 37.8 Å². The van der Waals surface area contributed by atoms with Crippen LogP contribution in [0.1, 0.15) is 50.8 Å². The van der Waals surface area contributed by atoms with Crippen molar-refractivity contribution < 1.29 is 8.42 Å². The Kier molecular flexibility index (Phi) is 4.12. The highest BCUT2D eigenvalue weighted by Crippen LogP contribution is 2.38. The lowest BCUT2D eigenvalue weighted by Crippen LogP contribution is -2.41. The van der Waals surface area contributed by atoms with Gasteiger partial charge in [0.1, 0.15) is 4.90 Å². The van der Waals surface area contributed by atoms with E-state index in [2.05, 4.69) is 9.88 Å². The summed E-state index contributed by atoms with van der Waals surface area (Å²) < 4.78 is 29.6. The van der Waals surface area contributed by atoms with Crippen molar-refractivity contribution in [1.29, 1.82) is 0 Å². The fourth-order valence-corrected chi connectivity index (χ4v) is 4.97. The number of hydrogen-bond acceptors (Lipinski definition) is 3. The Morgan fingerprint density at radius 3 is 2.67 bits per heavy atom. The van der Waals surface area contributed by atoms with E-state index in [4.69, 9.17) is 0 Å². The van der Waals surface area contributed by atoms with Crippen LogP contribution in [0.3, 0.4) is 0 Å². The van der Waals surface area contributed by atoms with Gasteiger partial charge in [0.05, 0.1) is 0 Å². The second-order valence-electron chi connectivity index (χ2n) is 6.30. The standard InChI is InChI=1S/C15H25N3O2S/c1-12-5-3-4-8-18(12)21(19,20)15-9-14(10-16-2)17(11-15)13-6-7-13/h9,11-13,16H,3-8,10H2,1-2H3. The number of rotatable bonds is 5. The zero-order valence-corrected chi connectivity index (χ0v) is 13.7. The van der Waals surface area contributed by atoms with Gasteiger partial charge in [-0.3, -0.25) is 0 Å². The Bertz CT molecular complexity index is 604. The topological polar surface area (TPSA) is 54.3 Å². The summed E-state index contributed by atoms with van der Waals surface area (Å²) in [4.78, 5) is 0.466. The van der Waals surface area contributed by atoms with Crippen LogP contribution in [-0.2, 0) is 16.6 Å². The van der Waals surface area contributed by atoms with Gasteiger partial charge in [-0.2, -0.15) is 4.31 Å². The molecule has 2 fully saturated rings. The van der Waals surface area contributed by atoms with Gasteiger partial charge >= 0.3 is 0 Å². The lowest BCUT2D eigenvalue weighted by molar-refractivity contribution is 0.268. The first kappa shape index (κ1) is 15.1. The molecule has 0 radical (unpaired) electrons. The van der Waals surface area contributed by atoms with Crippen LogP contribution < -0.4 is 5.32 Å². The number of hydrogen-bond donors (Lipinski definition) is 1. The fourth-order valence-electron chi connectivity index (χ4n) is 3.22. The van der Waals surface area contributed by atoms with Gasteiger partial charge in [0.25, 0.3) is 0 Å². The van der Waals surface area contributed by atoms with Gasteiger partial charge < -0.3 is 9.88 Å². The number of sulfonamides is 1. The highest BCUT2D eigenvalue weighted by atomic mass is 32.2. The molecule has 0 aromatic carbocycles. The molecule has 1 saturated carbocycles. The van der Waals surface area contributed by atoms with Crippen molar-refractivity contribution >= 4 is 10.0 Å². The van der Waals surface area contributed by atoms with Gasteiger partial charge in [-0.1, -0.05) is 6.42 Å². The summed E-state index contributed by atoms with van der Waals surface area (Å²) in [7, 11) is -1.46. The third-order valence-electron chi connectivity index (χ3n) is 4.55. The number of nitrogens with zero attached hydrogens (tertiary/aromatic N) is 2. The molecule has 2 aliphatic rings. The quantitative estimate of drug-likeness (QED) is 0.906. The SMILES string of the molecule is CNCc1cc(S(=O)(=O)N2CCCCC2C)cn1C1CC1. The molecule has 1 aliphatic carbocycles. The Morgan fingerprint density at radius 2 is 2.05 bits per heavy atom. The molecule has 1 aromatic rings. The predicted octanol–water partition coefficient (Wildman–Crippen LogP) is 2.11. The summed E-state index contributed by atoms with van der Waals surface area (Å²) in [5, 5.41) is 3.13. The minimum absolute atomic E-state index is 0.112. The van der Waals surface area contributed by atoms with Crippen LogP contribution in [-0.4, -0.2) is 36.9 Å². The molecule has 0 amide bonds. The Labute approximate surface area is 127 Å². The Balaban J connectivity index is 1.92. The molecule has 21 heavy (non-hydrogen) atoms. The van der Waals surface area contributed by atoms with E-state index >= 15 is 0 Å². The highest BCUT2D eigenvalue weighted by molar-refractivity contribution is 7.89. The zero-order chi connectivity index (χ0) is 15.0. The summed E-state index contributed by atoms with van der Waals surface area (Å²) in [5.74, 6) is 0. The van der Waals surface area contributed by atoms with E-state index in [9.17, 15) is 8.42 Å². The van der Waals surface area contributed by atoms with E-state index in [-0.39, 0.29) is 6.04 Å². The van der Waals surface area contributed by atoms with Crippen molar-refractivity contribution in [2.24, 2.45) is 0 Å². The number of nitrogens with one attached hydrogen (secondary N) is 1. The maximum absolute atomic E-state index is 12.9. The van der Waals surface area contributed by atoms with Gasteiger partial charge in [-0.25, -0.2) is 8.42 Å². The summed E-state index contributed by atoms with van der Waals surface area (Å²) >= 11 is 0. The first-order valence-electron chi connectivity index (χ1n) is 7.91. The molecule has 2 heterocycles. The van der Waals surface area contributed by atoms with Gasteiger partial charge in [-0.15, -0.1) is 0 Å². The third-order valence-corrected chi connectivity index (χ3v) is 6.53. The summed E-state index contributed by atoms with van der Waals surface area (Å²) in [6, 6.07) is 2.46. The Morgan fingerprint density at radius 1 is 1.29 bits per heavy atom. The summed E-state index contributed by atoms with van der Waals surface area (Å²) in [6.07, 6.45) is 7.22. The average molecular weight is 311 g/mol. The first-order chi connectivity index (χ1) is 10.0. The predicted molar refractivity (Wildman–Crippen MR) is 82.7 cm³/mol. The molecule has 0 spiro atoms. The monoisotopic (exact) mass is 311 g/mol. The molecule has 1 unspecified atom stereocenters. The van der Waals surface area contributed by atoms with Crippen molar-refractivity contribution in [3.8, 4) is 0 Å². The minimum atomic E-state index is -3.35. The number of aromatic nitrogens is 1. The van der Waals surface area contributed by atoms with E-state index < -0.39 is 10.0 Å². The second-order valence-corrected chi connectivity index (χ2v) is 8.19. The van der Waals surface area contributed by atoms with Gasteiger partial charge in [0.15, 0.2) is 0 Å². The molecule has 1 atom stereocenters. The fraction of sp³-hybridized carbons (Fsp3) is 0.733. The van der Waals surface area contributed by atoms with Crippen LogP contribution in [0, 0.1) is 0 Å². The molecular weight excluding hydrogens is 286 g/mol. The molecular formula is C15H25N3O2S.